The van der Waals surface area contributed by atoms with E-state index < -0.39 is 0 Å². The first-order valence-corrected chi connectivity index (χ1v) is 12.3. The van der Waals surface area contributed by atoms with Crippen LogP contribution in [0.15, 0.2) is 72.9 Å². The van der Waals surface area contributed by atoms with Gasteiger partial charge in [0, 0.05) is 16.6 Å². The van der Waals surface area contributed by atoms with Crippen LogP contribution < -0.4 is 15.8 Å². The smallest absolute Gasteiger partial charge is 0.146 e. The van der Waals surface area contributed by atoms with E-state index in [2.05, 4.69) is 21.4 Å². The van der Waals surface area contributed by atoms with Crippen LogP contribution in [0.2, 0.25) is 0 Å². The van der Waals surface area contributed by atoms with Crippen LogP contribution in [0.4, 0.5) is 10.1 Å². The maximum absolute atomic E-state index is 14.1. The summed E-state index contributed by atoms with van der Waals surface area (Å²) in [6.45, 7) is 3.54. The first kappa shape index (κ1) is 24.4. The predicted molar refractivity (Wildman–Crippen MR) is 145 cm³/mol. The topological polar surface area (TPSA) is 102 Å². The number of benzene rings is 2. The summed E-state index contributed by atoms with van der Waals surface area (Å²) in [5.41, 5.74) is 11.0. The molecular formula is C29H29FN6O. The molecule has 0 amide bonds. The number of aromatic amines is 1. The van der Waals surface area contributed by atoms with E-state index in [1.807, 2.05) is 43.3 Å². The molecule has 5 rings (SSSR count). The van der Waals surface area contributed by atoms with Gasteiger partial charge in [0.25, 0.3) is 0 Å². The van der Waals surface area contributed by atoms with Crippen LogP contribution in [0, 0.1) is 12.7 Å². The van der Waals surface area contributed by atoms with Crippen molar-refractivity contribution in [3.8, 4) is 28.4 Å². The number of ether oxygens (including phenoxy) is 1. The van der Waals surface area contributed by atoms with E-state index in [9.17, 15) is 4.39 Å². The normalized spacial score (nSPS) is 11.1. The number of aryl methyl sites for hydroxylation is 1. The van der Waals surface area contributed by atoms with Gasteiger partial charge in [-0.1, -0.05) is 24.3 Å². The Kier molecular flexibility index (Phi) is 7.37. The Balaban J connectivity index is 1.49. The van der Waals surface area contributed by atoms with Crippen molar-refractivity contribution in [3.63, 3.8) is 0 Å². The second kappa shape index (κ2) is 11.2. The molecule has 0 atom stereocenters. The van der Waals surface area contributed by atoms with Crippen LogP contribution in [0.5, 0.6) is 5.75 Å². The van der Waals surface area contributed by atoms with Gasteiger partial charge >= 0.3 is 0 Å². The van der Waals surface area contributed by atoms with E-state index >= 15 is 0 Å². The van der Waals surface area contributed by atoms with Crippen molar-refractivity contribution < 1.29 is 9.13 Å². The van der Waals surface area contributed by atoms with Crippen LogP contribution in [0.1, 0.15) is 24.4 Å². The van der Waals surface area contributed by atoms with Crippen molar-refractivity contribution >= 4 is 16.6 Å². The number of aromatic nitrogens is 4. The van der Waals surface area contributed by atoms with Gasteiger partial charge in [0.05, 0.1) is 41.9 Å². The van der Waals surface area contributed by atoms with E-state index in [1.54, 1.807) is 24.4 Å². The van der Waals surface area contributed by atoms with Crippen LogP contribution in [-0.4, -0.2) is 33.1 Å². The molecule has 8 heteroatoms. The molecule has 188 valence electrons. The quantitative estimate of drug-likeness (QED) is 0.209. The summed E-state index contributed by atoms with van der Waals surface area (Å²) in [6, 6.07) is 20.5. The summed E-state index contributed by atoms with van der Waals surface area (Å²) >= 11 is 0. The highest BCUT2D eigenvalue weighted by molar-refractivity contribution is 5.87. The highest BCUT2D eigenvalue weighted by Gasteiger charge is 2.16. The van der Waals surface area contributed by atoms with Gasteiger partial charge in [-0.15, -0.1) is 0 Å². The molecule has 0 aliphatic heterocycles. The molecule has 4 N–H and O–H groups in total. The van der Waals surface area contributed by atoms with Crippen molar-refractivity contribution in [1.82, 2.24) is 19.9 Å². The first-order chi connectivity index (χ1) is 18.1. The molecule has 37 heavy (non-hydrogen) atoms. The number of halogens is 1. The van der Waals surface area contributed by atoms with Crippen molar-refractivity contribution in [1.29, 1.82) is 0 Å². The molecule has 0 saturated heterocycles. The molecule has 0 radical (unpaired) electrons. The van der Waals surface area contributed by atoms with Crippen molar-refractivity contribution in [3.05, 3.63) is 90.3 Å². The number of unbranched alkanes of at least 4 members (excludes halogenated alkanes) is 1. The van der Waals surface area contributed by atoms with E-state index in [4.69, 9.17) is 20.4 Å². The third-order valence-corrected chi connectivity index (χ3v) is 6.02. The van der Waals surface area contributed by atoms with Crippen molar-refractivity contribution in [2.75, 3.05) is 18.5 Å². The van der Waals surface area contributed by atoms with E-state index in [-0.39, 0.29) is 5.82 Å². The third kappa shape index (κ3) is 5.76. The molecular weight excluding hydrogens is 467 g/mol. The average molecular weight is 497 g/mol. The number of H-pyrrole nitrogens is 1. The molecule has 7 nitrogen and oxygen atoms in total. The first-order valence-electron chi connectivity index (χ1n) is 12.3. The summed E-state index contributed by atoms with van der Waals surface area (Å²) in [5, 5.41) is 4.08. The minimum atomic E-state index is -0.307. The number of rotatable bonds is 10. The maximum Gasteiger partial charge on any atom is 0.146 e. The van der Waals surface area contributed by atoms with Gasteiger partial charge in [0.15, 0.2) is 0 Å². The average Bonchev–Trinajstić information content (AvgIpc) is 3.35. The second-order valence-corrected chi connectivity index (χ2v) is 8.83. The summed E-state index contributed by atoms with van der Waals surface area (Å²) < 4.78 is 20.0. The number of pyridine rings is 2. The van der Waals surface area contributed by atoms with Gasteiger partial charge in [0.1, 0.15) is 23.1 Å². The number of para-hydroxylation sites is 1. The van der Waals surface area contributed by atoms with Gasteiger partial charge in [-0.3, -0.25) is 9.97 Å². The zero-order valence-electron chi connectivity index (χ0n) is 20.7. The minimum absolute atomic E-state index is 0.307. The lowest BCUT2D eigenvalue weighted by molar-refractivity contribution is 0.307. The molecule has 0 fully saturated rings. The number of hydrogen-bond donors (Lipinski definition) is 3. The zero-order valence-corrected chi connectivity index (χ0v) is 20.7. The van der Waals surface area contributed by atoms with Crippen LogP contribution in [0.3, 0.4) is 0 Å². The second-order valence-electron chi connectivity index (χ2n) is 8.83. The molecule has 0 bridgehead atoms. The lowest BCUT2D eigenvalue weighted by Crippen LogP contribution is -2.03. The third-order valence-electron chi connectivity index (χ3n) is 6.02. The molecule has 5 aromatic rings. The van der Waals surface area contributed by atoms with Crippen LogP contribution in [-0.2, 0) is 6.54 Å². The highest BCUT2D eigenvalue weighted by atomic mass is 19.1. The predicted octanol–water partition coefficient (Wildman–Crippen LogP) is 5.86. The number of hydrogen-bond acceptors (Lipinski definition) is 6. The molecule has 0 unspecified atom stereocenters. The fraction of sp³-hybridized carbons (Fsp3) is 0.207. The van der Waals surface area contributed by atoms with Gasteiger partial charge in [-0.05, 0) is 68.8 Å². The fourth-order valence-corrected chi connectivity index (χ4v) is 4.14. The standard InChI is InChI=1S/C29H29FN6O/c1-19-7-6-10-26(34-19)29-28(35-27(36-29)18-33-25-9-3-2-8-23(25)30)20-11-12-24-21(15-20)16-22(17-32-24)37-14-5-4-13-31/h2-3,6-12,15-17,33H,4-5,13-14,18,31H2,1H3,(H,35,36). The molecule has 0 spiro atoms. The number of nitrogens with zero attached hydrogens (tertiary/aromatic N) is 3. The molecule has 2 aromatic carbocycles. The van der Waals surface area contributed by atoms with Gasteiger partial charge in [0.2, 0.25) is 0 Å². The Labute approximate surface area is 215 Å². The summed E-state index contributed by atoms with van der Waals surface area (Å²) in [7, 11) is 0. The molecule has 0 aliphatic carbocycles. The Bertz CT molecular complexity index is 1520. The van der Waals surface area contributed by atoms with Crippen LogP contribution >= 0.6 is 0 Å². The molecule has 0 saturated carbocycles. The van der Waals surface area contributed by atoms with E-state index in [0.717, 1.165) is 57.8 Å². The van der Waals surface area contributed by atoms with Crippen LogP contribution in [0.25, 0.3) is 33.5 Å². The Morgan fingerprint density at radius 1 is 1.00 bits per heavy atom. The lowest BCUT2D eigenvalue weighted by Gasteiger charge is -2.08. The van der Waals surface area contributed by atoms with E-state index in [1.165, 1.54) is 6.07 Å². The SMILES string of the molecule is Cc1cccc(-c2nc(CNc3ccccc3F)[nH]c2-c2ccc3ncc(OCCCCN)cc3c2)n1. The number of anilines is 1. The zero-order chi connectivity index (χ0) is 25.6. The fourth-order valence-electron chi connectivity index (χ4n) is 4.14. The Hall–Kier alpha value is -4.30. The monoisotopic (exact) mass is 496 g/mol. The Morgan fingerprint density at radius 3 is 2.73 bits per heavy atom. The largest absolute Gasteiger partial charge is 0.492 e. The summed E-state index contributed by atoms with van der Waals surface area (Å²) in [6.07, 6.45) is 3.57. The van der Waals surface area contributed by atoms with Gasteiger partial charge in [-0.25, -0.2) is 9.37 Å². The number of nitrogens with one attached hydrogen (secondary N) is 2. The Morgan fingerprint density at radius 2 is 1.89 bits per heavy atom. The molecule has 0 aliphatic rings. The minimum Gasteiger partial charge on any atom is -0.492 e. The summed E-state index contributed by atoms with van der Waals surface area (Å²) in [5.74, 6) is 1.09. The maximum atomic E-state index is 14.1. The van der Waals surface area contributed by atoms with E-state index in [0.29, 0.717) is 31.2 Å². The summed E-state index contributed by atoms with van der Waals surface area (Å²) in [4.78, 5) is 17.5. The van der Waals surface area contributed by atoms with Gasteiger partial charge in [-0.2, -0.15) is 0 Å². The van der Waals surface area contributed by atoms with Crippen molar-refractivity contribution in [2.24, 2.45) is 5.73 Å². The number of imidazole rings is 1. The molecule has 3 heterocycles. The number of nitrogens with two attached hydrogens (primary N) is 1. The molecule has 3 aromatic heterocycles. The lowest BCUT2D eigenvalue weighted by atomic mass is 10.1. The van der Waals surface area contributed by atoms with Gasteiger partial charge < -0.3 is 20.8 Å². The number of fused-ring (bicyclic) bond motifs is 1. The van der Waals surface area contributed by atoms with Crippen molar-refractivity contribution in [2.45, 2.75) is 26.3 Å². The highest BCUT2D eigenvalue weighted by Crippen LogP contribution is 2.32.